The smallest absolute Gasteiger partial charge is 0.448 e. The normalized spacial score (nSPS) is 14.8. The quantitative estimate of drug-likeness (QED) is 0.176. The Bertz CT molecular complexity index is 426. The number of hydrogen-bond acceptors (Lipinski definition) is 5. The zero-order valence-electron chi connectivity index (χ0n) is 16.3. The molecule has 2 atom stereocenters. The summed E-state index contributed by atoms with van der Waals surface area (Å²) in [4.78, 5) is 11.8. The second kappa shape index (κ2) is 10.1. The van der Waals surface area contributed by atoms with Gasteiger partial charge in [0.05, 0.1) is 20.6 Å². The SMILES string of the molecule is C=CC(OC(=O)C(=C)C)C(C)[N+](C)(C)CCC[Si](OC)(OC)OC. The molecule has 0 rings (SSSR count). The third-order valence-electron chi connectivity index (χ3n) is 4.55. The topological polar surface area (TPSA) is 54.0 Å². The minimum Gasteiger partial charge on any atom is -0.448 e. The van der Waals surface area contributed by atoms with Crippen molar-refractivity contribution in [3.8, 4) is 0 Å². The lowest BCUT2D eigenvalue weighted by atomic mass is 10.1. The van der Waals surface area contributed by atoms with Crippen LogP contribution in [0.2, 0.25) is 6.04 Å². The number of carbonyl (C=O) groups excluding carboxylic acids is 1. The molecule has 0 aliphatic rings. The Labute approximate surface area is 148 Å². The molecule has 0 bridgehead atoms. The van der Waals surface area contributed by atoms with Crippen molar-refractivity contribution in [3.05, 3.63) is 24.8 Å². The van der Waals surface area contributed by atoms with Gasteiger partial charge in [0.1, 0.15) is 6.04 Å². The van der Waals surface area contributed by atoms with Gasteiger partial charge < -0.3 is 22.5 Å². The van der Waals surface area contributed by atoms with Crippen molar-refractivity contribution in [2.45, 2.75) is 38.5 Å². The highest BCUT2D eigenvalue weighted by Crippen LogP contribution is 2.20. The number of hydrogen-bond donors (Lipinski definition) is 0. The van der Waals surface area contributed by atoms with Crippen molar-refractivity contribution < 1.29 is 27.3 Å². The Morgan fingerprint density at radius 2 is 1.71 bits per heavy atom. The number of ether oxygens (including phenoxy) is 1. The van der Waals surface area contributed by atoms with Crippen molar-refractivity contribution in [2.75, 3.05) is 42.0 Å². The summed E-state index contributed by atoms with van der Waals surface area (Å²) in [5.41, 5.74) is 0.385. The van der Waals surface area contributed by atoms with Gasteiger partial charge in [-0.3, -0.25) is 0 Å². The molecule has 0 radical (unpaired) electrons. The Balaban J connectivity index is 4.81. The van der Waals surface area contributed by atoms with Crippen molar-refractivity contribution in [2.24, 2.45) is 0 Å². The molecule has 0 spiro atoms. The first-order chi connectivity index (χ1) is 11.1. The largest absolute Gasteiger partial charge is 0.500 e. The van der Waals surface area contributed by atoms with E-state index in [1.165, 1.54) is 0 Å². The molecule has 0 amide bonds. The molecule has 6 nitrogen and oxygen atoms in total. The van der Waals surface area contributed by atoms with E-state index in [0.717, 1.165) is 19.0 Å². The van der Waals surface area contributed by atoms with Gasteiger partial charge in [0, 0.05) is 39.4 Å². The lowest BCUT2D eigenvalue weighted by Gasteiger charge is -2.39. The van der Waals surface area contributed by atoms with E-state index < -0.39 is 14.8 Å². The molecule has 7 heteroatoms. The van der Waals surface area contributed by atoms with Crippen LogP contribution in [0.1, 0.15) is 20.3 Å². The monoisotopic (exact) mass is 360 g/mol. The molecule has 0 aliphatic carbocycles. The first-order valence-electron chi connectivity index (χ1n) is 8.06. The second-order valence-electron chi connectivity index (χ2n) is 6.53. The van der Waals surface area contributed by atoms with Crippen LogP contribution in [-0.4, -0.2) is 73.4 Å². The van der Waals surface area contributed by atoms with Gasteiger partial charge in [-0.05, 0) is 19.9 Å². The van der Waals surface area contributed by atoms with E-state index >= 15 is 0 Å². The standard InChI is InChI=1S/C17H34NO5Si/c1-10-16(23-17(19)14(2)3)15(4)18(5,6)12-11-13-24(20-7,21-8)22-9/h10,15-16H,1-2,11-13H2,3-9H3/q+1. The number of likely N-dealkylation sites (N-methyl/N-ethyl adjacent to an activating group) is 1. The third kappa shape index (κ3) is 6.49. The summed E-state index contributed by atoms with van der Waals surface area (Å²) >= 11 is 0. The van der Waals surface area contributed by atoms with Crippen LogP contribution < -0.4 is 0 Å². The zero-order chi connectivity index (χ0) is 19.0. The Kier molecular flexibility index (Phi) is 9.68. The van der Waals surface area contributed by atoms with Gasteiger partial charge in [-0.1, -0.05) is 13.2 Å². The maximum Gasteiger partial charge on any atom is 0.500 e. The van der Waals surface area contributed by atoms with Gasteiger partial charge >= 0.3 is 14.8 Å². The fourth-order valence-electron chi connectivity index (χ4n) is 2.43. The lowest BCUT2D eigenvalue weighted by Crippen LogP contribution is -2.54. The van der Waals surface area contributed by atoms with E-state index in [2.05, 4.69) is 27.3 Å². The third-order valence-corrected chi connectivity index (χ3v) is 7.38. The molecule has 0 N–H and O–H groups in total. The molecule has 0 saturated heterocycles. The Hall–Kier alpha value is -0.993. The molecule has 0 aromatic heterocycles. The van der Waals surface area contributed by atoms with Crippen LogP contribution in [-0.2, 0) is 22.8 Å². The summed E-state index contributed by atoms with van der Waals surface area (Å²) in [6, 6.07) is 0.782. The summed E-state index contributed by atoms with van der Waals surface area (Å²) in [6.07, 6.45) is 2.17. The predicted octanol–water partition coefficient (Wildman–Crippen LogP) is 2.39. The van der Waals surface area contributed by atoms with Crippen LogP contribution in [0.5, 0.6) is 0 Å². The van der Waals surface area contributed by atoms with Crippen LogP contribution in [0.3, 0.4) is 0 Å². The molecule has 0 aromatic rings. The Morgan fingerprint density at radius 3 is 2.08 bits per heavy atom. The number of rotatable bonds is 12. The molecule has 0 fully saturated rings. The molecule has 0 heterocycles. The number of nitrogens with zero attached hydrogens (tertiary/aromatic N) is 1. The average Bonchev–Trinajstić information content (AvgIpc) is 2.55. The summed E-state index contributed by atoms with van der Waals surface area (Å²) < 4.78 is 22.5. The van der Waals surface area contributed by atoms with Crippen LogP contribution in [0.25, 0.3) is 0 Å². The maximum atomic E-state index is 11.8. The van der Waals surface area contributed by atoms with E-state index in [1.54, 1.807) is 34.3 Å². The summed E-state index contributed by atoms with van der Waals surface area (Å²) in [5.74, 6) is -0.392. The minimum absolute atomic E-state index is 0.0505. The maximum absolute atomic E-state index is 11.8. The Morgan fingerprint density at radius 1 is 1.21 bits per heavy atom. The predicted molar refractivity (Wildman–Crippen MR) is 97.5 cm³/mol. The number of quaternary nitrogens is 1. The highest BCUT2D eigenvalue weighted by molar-refractivity contribution is 6.60. The molecule has 0 saturated carbocycles. The number of carbonyl (C=O) groups is 1. The lowest BCUT2D eigenvalue weighted by molar-refractivity contribution is -0.915. The van der Waals surface area contributed by atoms with E-state index in [9.17, 15) is 4.79 Å². The first-order valence-corrected chi connectivity index (χ1v) is 9.99. The van der Waals surface area contributed by atoms with E-state index in [0.29, 0.717) is 10.1 Å². The summed E-state index contributed by atoms with van der Waals surface area (Å²) in [5, 5.41) is 0. The van der Waals surface area contributed by atoms with Gasteiger partial charge in [0.25, 0.3) is 0 Å². The van der Waals surface area contributed by atoms with Crippen LogP contribution >= 0.6 is 0 Å². The molecule has 2 unspecified atom stereocenters. The van der Waals surface area contributed by atoms with Crippen LogP contribution in [0.4, 0.5) is 0 Å². The van der Waals surface area contributed by atoms with Crippen molar-refractivity contribution in [3.63, 3.8) is 0 Å². The highest BCUT2D eigenvalue weighted by atomic mass is 28.4. The van der Waals surface area contributed by atoms with E-state index in [-0.39, 0.29) is 12.1 Å². The van der Waals surface area contributed by atoms with Crippen LogP contribution in [0.15, 0.2) is 24.8 Å². The number of esters is 1. The molecular weight excluding hydrogens is 326 g/mol. The molecule has 0 aliphatic heterocycles. The van der Waals surface area contributed by atoms with Gasteiger partial charge in [0.2, 0.25) is 0 Å². The first kappa shape index (κ1) is 23.0. The van der Waals surface area contributed by atoms with Gasteiger partial charge in [0.15, 0.2) is 6.10 Å². The zero-order valence-corrected chi connectivity index (χ0v) is 17.3. The van der Waals surface area contributed by atoms with Crippen LogP contribution in [0, 0.1) is 0 Å². The molecular formula is C17H34NO5Si+. The molecule has 24 heavy (non-hydrogen) atoms. The fraction of sp³-hybridized carbons (Fsp3) is 0.706. The van der Waals surface area contributed by atoms with E-state index in [4.69, 9.17) is 18.0 Å². The van der Waals surface area contributed by atoms with Gasteiger partial charge in [-0.15, -0.1) is 0 Å². The molecule has 140 valence electrons. The second-order valence-corrected chi connectivity index (χ2v) is 9.62. The fourth-order valence-corrected chi connectivity index (χ4v) is 4.13. The summed E-state index contributed by atoms with van der Waals surface area (Å²) in [6.45, 7) is 12.0. The summed E-state index contributed by atoms with van der Waals surface area (Å²) in [7, 11) is 6.50. The molecule has 0 aromatic carbocycles. The van der Waals surface area contributed by atoms with Gasteiger partial charge in [-0.2, -0.15) is 0 Å². The average molecular weight is 361 g/mol. The van der Waals surface area contributed by atoms with Gasteiger partial charge in [-0.25, -0.2) is 4.79 Å². The minimum atomic E-state index is -2.56. The van der Waals surface area contributed by atoms with Crippen molar-refractivity contribution >= 4 is 14.8 Å². The highest BCUT2D eigenvalue weighted by Gasteiger charge is 2.39. The van der Waals surface area contributed by atoms with E-state index in [1.807, 2.05) is 6.92 Å². The van der Waals surface area contributed by atoms with Crippen molar-refractivity contribution in [1.29, 1.82) is 0 Å². The van der Waals surface area contributed by atoms with Crippen molar-refractivity contribution in [1.82, 2.24) is 0 Å².